The summed E-state index contributed by atoms with van der Waals surface area (Å²) in [5, 5.41) is 6.94. The van der Waals surface area contributed by atoms with Crippen molar-refractivity contribution in [3.8, 4) is 0 Å². The van der Waals surface area contributed by atoms with Crippen molar-refractivity contribution in [2.45, 2.75) is 37.1 Å². The molecule has 1 heterocycles. The SMILES string of the molecule is NC(N)=NCCC[C@H](NC(=O)CNC(=O)[C@@H](Cc1cccc(N=C(N)N)c1)NS(=O)(=O)Cc1ccccc1)C(=O)c1nccs1. The van der Waals surface area contributed by atoms with Gasteiger partial charge in [-0.25, -0.2) is 23.1 Å². The Balaban J connectivity index is 1.73. The molecule has 1 aromatic heterocycles. The standard InChI is InChI=1S/C28H36N10O5S2/c29-27(30)34-11-5-10-21(24(40)26-33-12-13-44-26)37-23(39)16-35-25(41)22(15-19-8-4-9-20(14-19)36-28(31)32)38-45(42,43)17-18-6-2-1-3-7-18/h1-4,6-9,12-14,21-22,38H,5,10-11,15-17H2,(H,35,41)(H,37,39)(H4,29,30,34)(H4,31,32,36)/t21-,22+/m0/s1. The van der Waals surface area contributed by atoms with E-state index in [4.69, 9.17) is 22.9 Å². The van der Waals surface area contributed by atoms with E-state index in [2.05, 4.69) is 30.3 Å². The van der Waals surface area contributed by atoms with Crippen LogP contribution in [0.1, 0.15) is 33.8 Å². The Kier molecular flexibility index (Phi) is 13.0. The summed E-state index contributed by atoms with van der Waals surface area (Å²) in [4.78, 5) is 51.1. The Bertz CT molecular complexity index is 1610. The lowest BCUT2D eigenvalue weighted by atomic mass is 10.1. The topological polar surface area (TPSA) is 263 Å². The third-order valence-electron chi connectivity index (χ3n) is 6.11. The van der Waals surface area contributed by atoms with Crippen LogP contribution in [0.15, 0.2) is 76.2 Å². The molecular formula is C28H36N10O5S2. The number of nitrogens with one attached hydrogen (secondary N) is 3. The molecule has 3 aromatic rings. The highest BCUT2D eigenvalue weighted by Crippen LogP contribution is 2.16. The number of benzene rings is 2. The van der Waals surface area contributed by atoms with Gasteiger partial charge >= 0.3 is 0 Å². The number of nitrogens with zero attached hydrogens (tertiary/aromatic N) is 3. The molecule has 0 bridgehead atoms. The largest absolute Gasteiger partial charge is 0.370 e. The Morgan fingerprint density at radius 2 is 1.67 bits per heavy atom. The van der Waals surface area contributed by atoms with E-state index in [1.807, 2.05) is 0 Å². The van der Waals surface area contributed by atoms with Gasteiger partial charge in [0, 0.05) is 18.1 Å². The Hall–Kier alpha value is -4.87. The third kappa shape index (κ3) is 12.3. The molecule has 3 rings (SSSR count). The Morgan fingerprint density at radius 1 is 0.933 bits per heavy atom. The molecule has 11 N–H and O–H groups in total. The van der Waals surface area contributed by atoms with Crippen LogP contribution in [0.2, 0.25) is 0 Å². The first-order valence-corrected chi connectivity index (χ1v) is 16.2. The fourth-order valence-corrected chi connectivity index (χ4v) is 6.15. The Morgan fingerprint density at radius 3 is 2.33 bits per heavy atom. The average Bonchev–Trinajstić information content (AvgIpc) is 3.52. The van der Waals surface area contributed by atoms with Crippen LogP contribution in [0, 0.1) is 0 Å². The smallest absolute Gasteiger partial charge is 0.239 e. The molecule has 2 atom stereocenters. The lowest BCUT2D eigenvalue weighted by Crippen LogP contribution is -2.51. The first-order chi connectivity index (χ1) is 21.4. The summed E-state index contributed by atoms with van der Waals surface area (Å²) in [6.45, 7) is -0.287. The van der Waals surface area contributed by atoms with Gasteiger partial charge in [0.05, 0.1) is 24.0 Å². The lowest BCUT2D eigenvalue weighted by molar-refractivity contribution is -0.127. The zero-order chi connectivity index (χ0) is 32.8. The second-order valence-electron chi connectivity index (χ2n) is 9.81. The number of nitrogens with two attached hydrogens (primary N) is 4. The normalized spacial score (nSPS) is 12.4. The number of carbonyl (C=O) groups is 3. The number of thiazole rings is 1. The van der Waals surface area contributed by atoms with Gasteiger partial charge in [0.1, 0.15) is 6.04 Å². The summed E-state index contributed by atoms with van der Waals surface area (Å²) >= 11 is 1.13. The van der Waals surface area contributed by atoms with Crippen molar-refractivity contribution in [2.24, 2.45) is 32.9 Å². The lowest BCUT2D eigenvalue weighted by Gasteiger charge is -2.20. The fraction of sp³-hybridized carbons (Fsp3) is 0.286. The van der Waals surface area contributed by atoms with E-state index in [1.165, 1.54) is 6.20 Å². The van der Waals surface area contributed by atoms with Gasteiger partial charge in [0.2, 0.25) is 27.6 Å². The molecule has 0 unspecified atom stereocenters. The predicted molar refractivity (Wildman–Crippen MR) is 173 cm³/mol. The van der Waals surface area contributed by atoms with Crippen LogP contribution in [0.3, 0.4) is 0 Å². The molecule has 240 valence electrons. The van der Waals surface area contributed by atoms with Gasteiger partial charge in [-0.1, -0.05) is 42.5 Å². The van der Waals surface area contributed by atoms with Gasteiger partial charge in [-0.15, -0.1) is 11.3 Å². The van der Waals surface area contributed by atoms with Gasteiger partial charge in [-0.2, -0.15) is 0 Å². The molecular weight excluding hydrogens is 621 g/mol. The van der Waals surface area contributed by atoms with Crippen LogP contribution in [0.25, 0.3) is 0 Å². The van der Waals surface area contributed by atoms with Gasteiger partial charge in [0.15, 0.2) is 16.9 Å². The minimum atomic E-state index is -4.00. The van der Waals surface area contributed by atoms with E-state index in [0.29, 0.717) is 23.2 Å². The maximum Gasteiger partial charge on any atom is 0.239 e. The molecule has 0 aliphatic heterocycles. The number of rotatable bonds is 17. The first-order valence-electron chi connectivity index (χ1n) is 13.7. The molecule has 0 aliphatic carbocycles. The van der Waals surface area contributed by atoms with E-state index in [0.717, 1.165) is 11.3 Å². The number of sulfonamides is 1. The summed E-state index contributed by atoms with van der Waals surface area (Å²) < 4.78 is 28.6. The molecule has 0 aliphatic rings. The number of aliphatic imine (C=N–C) groups is 2. The van der Waals surface area contributed by atoms with E-state index < -0.39 is 46.2 Å². The maximum absolute atomic E-state index is 13.3. The summed E-state index contributed by atoms with van der Waals surface area (Å²) in [5.41, 5.74) is 23.1. The third-order valence-corrected chi connectivity index (χ3v) is 8.25. The van der Waals surface area contributed by atoms with Crippen LogP contribution < -0.4 is 38.3 Å². The van der Waals surface area contributed by atoms with Crippen molar-refractivity contribution < 1.29 is 22.8 Å². The molecule has 0 saturated heterocycles. The summed E-state index contributed by atoms with van der Waals surface area (Å²) in [6.07, 6.45) is 1.99. The van der Waals surface area contributed by atoms with Crippen molar-refractivity contribution in [3.63, 3.8) is 0 Å². The fourth-order valence-electron chi connectivity index (χ4n) is 4.18. The van der Waals surface area contributed by atoms with E-state index in [1.54, 1.807) is 60.0 Å². The van der Waals surface area contributed by atoms with E-state index in [-0.39, 0.29) is 42.1 Å². The van der Waals surface area contributed by atoms with Crippen LogP contribution in [0.4, 0.5) is 5.69 Å². The average molecular weight is 657 g/mol. The molecule has 45 heavy (non-hydrogen) atoms. The van der Waals surface area contributed by atoms with E-state index >= 15 is 0 Å². The van der Waals surface area contributed by atoms with Crippen molar-refractivity contribution >= 4 is 56.6 Å². The second kappa shape index (κ2) is 16.8. The summed E-state index contributed by atoms with van der Waals surface area (Å²) in [7, 11) is -4.00. The van der Waals surface area contributed by atoms with E-state index in [9.17, 15) is 22.8 Å². The molecule has 15 nitrogen and oxygen atoms in total. The molecule has 2 aromatic carbocycles. The summed E-state index contributed by atoms with van der Waals surface area (Å²) in [5.74, 6) is -2.46. The molecule has 17 heteroatoms. The summed E-state index contributed by atoms with van der Waals surface area (Å²) in [6, 6.07) is 12.8. The molecule has 0 fully saturated rings. The van der Waals surface area contributed by atoms with Gasteiger partial charge in [-0.3, -0.25) is 19.4 Å². The second-order valence-corrected chi connectivity index (χ2v) is 12.5. The molecule has 2 amide bonds. The highest BCUT2D eigenvalue weighted by Gasteiger charge is 2.27. The number of Topliss-reactive ketones (excluding diaryl/α,β-unsaturated/α-hetero) is 1. The molecule has 0 spiro atoms. The number of hydrogen-bond donors (Lipinski definition) is 7. The molecule has 0 saturated carbocycles. The van der Waals surface area contributed by atoms with Crippen molar-refractivity contribution in [3.05, 3.63) is 82.3 Å². The quantitative estimate of drug-likeness (QED) is 0.0428. The van der Waals surface area contributed by atoms with Gasteiger partial charge in [-0.05, 0) is 42.5 Å². The minimum Gasteiger partial charge on any atom is -0.370 e. The van der Waals surface area contributed by atoms with Crippen molar-refractivity contribution in [1.82, 2.24) is 20.3 Å². The maximum atomic E-state index is 13.3. The van der Waals surface area contributed by atoms with Gasteiger partial charge < -0.3 is 33.6 Å². The van der Waals surface area contributed by atoms with Crippen molar-refractivity contribution in [2.75, 3.05) is 13.1 Å². The molecule has 0 radical (unpaired) electrons. The van der Waals surface area contributed by atoms with Crippen LogP contribution in [-0.2, 0) is 31.8 Å². The predicted octanol–water partition coefficient (Wildman–Crippen LogP) is -0.384. The zero-order valence-electron chi connectivity index (χ0n) is 24.3. The van der Waals surface area contributed by atoms with Crippen LogP contribution in [-0.4, -0.2) is 68.1 Å². The number of carbonyl (C=O) groups excluding carboxylic acids is 3. The number of guanidine groups is 2. The number of aromatic nitrogens is 1. The van der Waals surface area contributed by atoms with Crippen molar-refractivity contribution in [1.29, 1.82) is 0 Å². The number of hydrogen-bond acceptors (Lipinski definition) is 9. The minimum absolute atomic E-state index is 0.0781. The first kappa shape index (κ1) is 34.6. The highest BCUT2D eigenvalue weighted by molar-refractivity contribution is 7.88. The van der Waals surface area contributed by atoms with Crippen LogP contribution >= 0.6 is 11.3 Å². The van der Waals surface area contributed by atoms with Gasteiger partial charge in [0.25, 0.3) is 0 Å². The van der Waals surface area contributed by atoms with Crippen LogP contribution in [0.5, 0.6) is 0 Å². The Labute approximate surface area is 264 Å². The number of ketones is 1. The zero-order valence-corrected chi connectivity index (χ0v) is 25.9. The number of amides is 2. The highest BCUT2D eigenvalue weighted by atomic mass is 32.2. The monoisotopic (exact) mass is 656 g/mol.